The van der Waals surface area contributed by atoms with Crippen LogP contribution in [0.2, 0.25) is 0 Å². The number of carbonyl (C=O) groups is 1. The van der Waals surface area contributed by atoms with Crippen LogP contribution in [0.25, 0.3) is 22.2 Å². The number of benzene rings is 2. The number of halogens is 3. The monoisotopic (exact) mass is 538 g/mol. The third-order valence-corrected chi connectivity index (χ3v) is 7.63. The second-order valence-corrected chi connectivity index (χ2v) is 10.1. The van der Waals surface area contributed by atoms with Gasteiger partial charge in [-0.05, 0) is 61.2 Å². The highest BCUT2D eigenvalue weighted by Crippen LogP contribution is 2.43. The summed E-state index contributed by atoms with van der Waals surface area (Å²) in [5, 5.41) is 1.01. The van der Waals surface area contributed by atoms with E-state index in [1.54, 1.807) is 25.3 Å². The van der Waals surface area contributed by atoms with Crippen LogP contribution in [0.15, 0.2) is 59.0 Å². The standard InChI is InChI=1S/C31H33F3N2O3/c1-4-8-19(9-5-2)30(37)36-17-16-21-23-18-20(38-3)12-13-25(23)35-28(21)29(36)27-15-14-26(39-27)22-10-6-7-11-24(22)31(32,33)34/h6-7,10-15,18-19,29,35H,4-5,8-9,16-17H2,1-3H3/t29-/m0/s1. The Labute approximate surface area is 226 Å². The van der Waals surface area contributed by atoms with Gasteiger partial charge in [0.05, 0.1) is 18.4 Å². The maximum atomic E-state index is 14.0. The van der Waals surface area contributed by atoms with Gasteiger partial charge in [0.1, 0.15) is 23.3 Å². The van der Waals surface area contributed by atoms with Crippen molar-refractivity contribution in [1.82, 2.24) is 9.88 Å². The molecular weight excluding hydrogens is 505 g/mol. The average molecular weight is 539 g/mol. The Morgan fingerprint density at radius 3 is 2.54 bits per heavy atom. The number of ether oxygens (including phenoxy) is 1. The van der Waals surface area contributed by atoms with Gasteiger partial charge in [-0.15, -0.1) is 0 Å². The number of nitrogens with zero attached hydrogens (tertiary/aromatic N) is 1. The highest BCUT2D eigenvalue weighted by molar-refractivity contribution is 5.88. The minimum Gasteiger partial charge on any atom is -0.497 e. The van der Waals surface area contributed by atoms with Crippen LogP contribution in [0.3, 0.4) is 0 Å². The van der Waals surface area contributed by atoms with Crippen molar-refractivity contribution in [3.63, 3.8) is 0 Å². The van der Waals surface area contributed by atoms with E-state index in [1.807, 2.05) is 23.1 Å². The van der Waals surface area contributed by atoms with Gasteiger partial charge in [-0.25, -0.2) is 0 Å². The van der Waals surface area contributed by atoms with E-state index in [0.717, 1.165) is 59.7 Å². The highest BCUT2D eigenvalue weighted by Gasteiger charge is 2.39. The number of amides is 1. The SMILES string of the molecule is CCCC(CCC)C(=O)N1CCc2c([nH]c3ccc(OC)cc23)[C@@H]1c1ccc(-c2ccccc2C(F)(F)F)o1. The van der Waals surface area contributed by atoms with Crippen LogP contribution in [0.4, 0.5) is 13.2 Å². The van der Waals surface area contributed by atoms with Crippen LogP contribution in [0, 0.1) is 5.92 Å². The molecule has 39 heavy (non-hydrogen) atoms. The molecule has 0 saturated heterocycles. The lowest BCUT2D eigenvalue weighted by Crippen LogP contribution is -2.43. The van der Waals surface area contributed by atoms with E-state index in [4.69, 9.17) is 9.15 Å². The second-order valence-electron chi connectivity index (χ2n) is 10.1. The number of nitrogens with one attached hydrogen (secondary N) is 1. The fourth-order valence-corrected chi connectivity index (χ4v) is 5.84. The summed E-state index contributed by atoms with van der Waals surface area (Å²) in [5.74, 6) is 1.22. The molecule has 5 nitrogen and oxygen atoms in total. The third-order valence-electron chi connectivity index (χ3n) is 7.63. The van der Waals surface area contributed by atoms with E-state index in [1.165, 1.54) is 12.1 Å². The zero-order valence-electron chi connectivity index (χ0n) is 22.4. The van der Waals surface area contributed by atoms with Gasteiger partial charge in [0.25, 0.3) is 0 Å². The molecular formula is C31H33F3N2O3. The topological polar surface area (TPSA) is 58.5 Å². The summed E-state index contributed by atoms with van der Waals surface area (Å²) in [7, 11) is 1.62. The Morgan fingerprint density at radius 2 is 1.85 bits per heavy atom. The predicted octanol–water partition coefficient (Wildman–Crippen LogP) is 8.15. The molecule has 2 aromatic carbocycles. The molecule has 4 aromatic rings. The average Bonchev–Trinajstić information content (AvgIpc) is 3.56. The zero-order chi connectivity index (χ0) is 27.7. The molecule has 1 aliphatic heterocycles. The maximum Gasteiger partial charge on any atom is 0.417 e. The molecule has 0 bridgehead atoms. The van der Waals surface area contributed by atoms with Crippen LogP contribution in [-0.2, 0) is 17.4 Å². The van der Waals surface area contributed by atoms with Crippen LogP contribution in [-0.4, -0.2) is 29.4 Å². The van der Waals surface area contributed by atoms with Crippen molar-refractivity contribution in [2.24, 2.45) is 5.92 Å². The summed E-state index contributed by atoms with van der Waals surface area (Å²) in [6, 6.07) is 13.9. The number of aromatic amines is 1. The summed E-state index contributed by atoms with van der Waals surface area (Å²) in [5.41, 5.74) is 2.02. The lowest BCUT2D eigenvalue weighted by molar-refractivity contribution is -0.138. The first-order chi connectivity index (χ1) is 18.8. The first-order valence-electron chi connectivity index (χ1n) is 13.5. The summed E-state index contributed by atoms with van der Waals surface area (Å²) in [6.07, 6.45) is -0.505. The largest absolute Gasteiger partial charge is 0.497 e. The number of aromatic nitrogens is 1. The number of furan rings is 1. The van der Waals surface area contributed by atoms with E-state index < -0.39 is 17.8 Å². The number of carbonyl (C=O) groups excluding carboxylic acids is 1. The highest BCUT2D eigenvalue weighted by atomic mass is 19.4. The number of methoxy groups -OCH3 is 1. The van der Waals surface area contributed by atoms with Gasteiger partial charge in [-0.3, -0.25) is 4.79 Å². The molecule has 1 amide bonds. The Morgan fingerprint density at radius 1 is 1.10 bits per heavy atom. The van der Waals surface area contributed by atoms with Crippen molar-refractivity contribution in [1.29, 1.82) is 0 Å². The van der Waals surface area contributed by atoms with Gasteiger partial charge < -0.3 is 19.0 Å². The van der Waals surface area contributed by atoms with E-state index in [0.29, 0.717) is 18.7 Å². The fourth-order valence-electron chi connectivity index (χ4n) is 5.84. The van der Waals surface area contributed by atoms with Gasteiger partial charge in [-0.1, -0.05) is 44.9 Å². The Hall–Kier alpha value is -3.68. The number of hydrogen-bond donors (Lipinski definition) is 1. The lowest BCUT2D eigenvalue weighted by atomic mass is 9.91. The quantitative estimate of drug-likeness (QED) is 0.246. The van der Waals surface area contributed by atoms with Gasteiger partial charge in [0.2, 0.25) is 5.91 Å². The number of rotatable bonds is 8. The van der Waals surface area contributed by atoms with Gasteiger partial charge in [0, 0.05) is 28.9 Å². The minimum absolute atomic E-state index is 0.0265. The third kappa shape index (κ3) is 5.04. The first kappa shape index (κ1) is 26.9. The molecule has 0 unspecified atom stereocenters. The van der Waals surface area contributed by atoms with Gasteiger partial charge in [-0.2, -0.15) is 13.2 Å². The molecule has 0 spiro atoms. The molecule has 1 N–H and O–H groups in total. The normalized spacial score (nSPS) is 15.7. The molecule has 0 saturated carbocycles. The minimum atomic E-state index is -4.52. The van der Waals surface area contributed by atoms with Crippen molar-refractivity contribution in [3.05, 3.63) is 77.2 Å². The van der Waals surface area contributed by atoms with E-state index >= 15 is 0 Å². The molecule has 1 atom stereocenters. The molecule has 5 rings (SSSR count). The van der Waals surface area contributed by atoms with E-state index in [-0.39, 0.29) is 23.1 Å². The molecule has 206 valence electrons. The number of fused-ring (bicyclic) bond motifs is 3. The van der Waals surface area contributed by atoms with E-state index in [2.05, 4.69) is 18.8 Å². The van der Waals surface area contributed by atoms with Gasteiger partial charge >= 0.3 is 6.18 Å². The van der Waals surface area contributed by atoms with E-state index in [9.17, 15) is 18.0 Å². The fraction of sp³-hybridized carbons (Fsp3) is 0.387. The summed E-state index contributed by atoms with van der Waals surface area (Å²) in [4.78, 5) is 19.3. The zero-order valence-corrected chi connectivity index (χ0v) is 22.4. The molecule has 0 aliphatic carbocycles. The lowest BCUT2D eigenvalue weighted by Gasteiger charge is -2.37. The Balaban J connectivity index is 1.63. The molecule has 1 aliphatic rings. The first-order valence-corrected chi connectivity index (χ1v) is 13.5. The molecule has 3 heterocycles. The summed E-state index contributed by atoms with van der Waals surface area (Å²) >= 11 is 0. The molecule has 0 fully saturated rings. The van der Waals surface area contributed by atoms with Gasteiger partial charge in [0.15, 0.2) is 0 Å². The van der Waals surface area contributed by atoms with Crippen molar-refractivity contribution in [2.45, 2.75) is 58.2 Å². The maximum absolute atomic E-state index is 14.0. The van der Waals surface area contributed by atoms with Crippen molar-refractivity contribution >= 4 is 16.8 Å². The molecule has 8 heteroatoms. The summed E-state index contributed by atoms with van der Waals surface area (Å²) < 4.78 is 52.9. The van der Waals surface area contributed by atoms with Crippen LogP contribution < -0.4 is 4.74 Å². The number of alkyl halides is 3. The van der Waals surface area contributed by atoms with Crippen molar-refractivity contribution < 1.29 is 27.1 Å². The van der Waals surface area contributed by atoms with Crippen molar-refractivity contribution in [2.75, 3.05) is 13.7 Å². The van der Waals surface area contributed by atoms with Crippen LogP contribution in [0.5, 0.6) is 5.75 Å². The van der Waals surface area contributed by atoms with Crippen LogP contribution >= 0.6 is 0 Å². The predicted molar refractivity (Wildman–Crippen MR) is 145 cm³/mol. The Bertz CT molecular complexity index is 1460. The second kappa shape index (κ2) is 10.8. The number of hydrogen-bond acceptors (Lipinski definition) is 3. The van der Waals surface area contributed by atoms with Crippen molar-refractivity contribution in [3.8, 4) is 17.1 Å². The number of H-pyrrole nitrogens is 1. The molecule has 0 radical (unpaired) electrons. The smallest absolute Gasteiger partial charge is 0.417 e. The van der Waals surface area contributed by atoms with Crippen LogP contribution in [0.1, 0.15) is 68.2 Å². The summed E-state index contributed by atoms with van der Waals surface area (Å²) in [6.45, 7) is 4.63. The Kier molecular flexibility index (Phi) is 7.47. The molecule has 2 aromatic heterocycles.